The summed E-state index contributed by atoms with van der Waals surface area (Å²) in [4.78, 5) is 7.59. The summed E-state index contributed by atoms with van der Waals surface area (Å²) in [5, 5.41) is 15.8. The van der Waals surface area contributed by atoms with Gasteiger partial charge in [-0.3, -0.25) is 0 Å². The fourth-order valence-electron chi connectivity index (χ4n) is 4.77. The molecule has 7 heteroatoms. The lowest BCUT2D eigenvalue weighted by molar-refractivity contribution is 0.150. The molecule has 1 aliphatic carbocycles. The number of benzene rings is 1. The zero-order chi connectivity index (χ0) is 21.6. The normalized spacial score (nSPS) is 20.2. The monoisotopic (exact) mass is 423 g/mol. The Kier molecular flexibility index (Phi) is 7.22. The highest BCUT2D eigenvalue weighted by Gasteiger charge is 2.27. The number of hydrogen-bond donors (Lipinski definition) is 2. The molecule has 168 valence electrons. The molecular formula is C24H37N7. The molecule has 1 saturated carbocycles. The van der Waals surface area contributed by atoms with Crippen molar-refractivity contribution in [2.24, 2.45) is 12.0 Å². The molecule has 1 saturated heterocycles. The number of likely N-dealkylation sites (tertiary alicyclic amines) is 1. The minimum atomic E-state index is 0.173. The largest absolute Gasteiger partial charge is 0.354 e. The third-order valence-electron chi connectivity index (χ3n) is 6.93. The smallest absolute Gasteiger partial charge is 0.192 e. The molecule has 7 nitrogen and oxygen atoms in total. The molecule has 2 aromatic rings. The van der Waals surface area contributed by atoms with Crippen LogP contribution in [0.2, 0.25) is 0 Å². The maximum atomic E-state index is 4.88. The number of aromatic nitrogens is 3. The first-order valence-corrected chi connectivity index (χ1v) is 11.8. The Balaban J connectivity index is 1.40. The Morgan fingerprint density at radius 1 is 1.10 bits per heavy atom. The predicted octanol–water partition coefficient (Wildman–Crippen LogP) is 3.33. The third-order valence-corrected chi connectivity index (χ3v) is 6.93. The highest BCUT2D eigenvalue weighted by atomic mass is 15.3. The molecule has 2 aliphatic rings. The van der Waals surface area contributed by atoms with E-state index in [0.717, 1.165) is 23.7 Å². The van der Waals surface area contributed by atoms with Crippen LogP contribution < -0.4 is 10.6 Å². The van der Waals surface area contributed by atoms with E-state index in [1.165, 1.54) is 57.2 Å². The van der Waals surface area contributed by atoms with Crippen LogP contribution in [0.1, 0.15) is 68.7 Å². The van der Waals surface area contributed by atoms with E-state index in [9.17, 15) is 0 Å². The van der Waals surface area contributed by atoms with Crippen LogP contribution in [0.4, 0.5) is 0 Å². The minimum absolute atomic E-state index is 0.173. The number of rotatable bonds is 6. The number of nitrogens with zero attached hydrogens (tertiary/aromatic N) is 5. The third kappa shape index (κ3) is 5.64. The van der Waals surface area contributed by atoms with Crippen molar-refractivity contribution in [3.05, 3.63) is 47.5 Å². The van der Waals surface area contributed by atoms with Gasteiger partial charge < -0.3 is 20.1 Å². The molecule has 1 aliphatic heterocycles. The van der Waals surface area contributed by atoms with Crippen molar-refractivity contribution in [3.8, 4) is 0 Å². The quantitative estimate of drug-likeness (QED) is 0.551. The molecule has 0 bridgehead atoms. The number of aryl methyl sites for hydroxylation is 1. The van der Waals surface area contributed by atoms with Gasteiger partial charge in [-0.05, 0) is 45.1 Å². The lowest BCUT2D eigenvalue weighted by atomic mass is 10.0. The van der Waals surface area contributed by atoms with Crippen molar-refractivity contribution in [2.75, 3.05) is 13.1 Å². The van der Waals surface area contributed by atoms with Crippen molar-refractivity contribution < 1.29 is 0 Å². The zero-order valence-corrected chi connectivity index (χ0v) is 19.2. The van der Waals surface area contributed by atoms with Crippen molar-refractivity contribution in [2.45, 2.75) is 77.0 Å². The average Bonchev–Trinajstić information content (AvgIpc) is 3.44. The molecule has 2 heterocycles. The van der Waals surface area contributed by atoms with Crippen LogP contribution in [0.15, 0.2) is 35.3 Å². The fraction of sp³-hybridized carbons (Fsp3) is 0.625. The summed E-state index contributed by atoms with van der Waals surface area (Å²) >= 11 is 0. The minimum Gasteiger partial charge on any atom is -0.354 e. The summed E-state index contributed by atoms with van der Waals surface area (Å²) in [6.45, 7) is 7.03. The number of hydrogen-bond acceptors (Lipinski definition) is 4. The van der Waals surface area contributed by atoms with Crippen molar-refractivity contribution in [3.63, 3.8) is 0 Å². The Bertz CT molecular complexity index is 846. The molecule has 0 spiro atoms. The second-order valence-electron chi connectivity index (χ2n) is 9.06. The van der Waals surface area contributed by atoms with E-state index in [1.807, 2.05) is 18.5 Å². The van der Waals surface area contributed by atoms with Crippen molar-refractivity contribution in [1.29, 1.82) is 0 Å². The van der Waals surface area contributed by atoms with Gasteiger partial charge in [0.1, 0.15) is 12.4 Å². The van der Waals surface area contributed by atoms with Crippen LogP contribution in [0.3, 0.4) is 0 Å². The summed E-state index contributed by atoms with van der Waals surface area (Å²) in [5.41, 5.74) is 1.25. The molecule has 1 unspecified atom stereocenters. The lowest BCUT2D eigenvalue weighted by Crippen LogP contribution is -2.50. The summed E-state index contributed by atoms with van der Waals surface area (Å²) in [6, 6.07) is 12.0. The summed E-state index contributed by atoms with van der Waals surface area (Å²) in [6.07, 6.45) is 7.92. The number of piperidine rings is 1. The highest BCUT2D eigenvalue weighted by molar-refractivity contribution is 5.80. The van der Waals surface area contributed by atoms with E-state index in [-0.39, 0.29) is 6.04 Å². The molecule has 1 atom stereocenters. The van der Waals surface area contributed by atoms with E-state index in [4.69, 9.17) is 4.99 Å². The van der Waals surface area contributed by atoms with Gasteiger partial charge in [0.05, 0.1) is 6.04 Å². The van der Waals surface area contributed by atoms with Gasteiger partial charge in [-0.2, -0.15) is 0 Å². The first-order valence-electron chi connectivity index (χ1n) is 11.8. The van der Waals surface area contributed by atoms with Gasteiger partial charge >= 0.3 is 0 Å². The lowest BCUT2D eigenvalue weighted by Gasteiger charge is -2.37. The first-order chi connectivity index (χ1) is 15.1. The van der Waals surface area contributed by atoms with Crippen LogP contribution in [0.5, 0.6) is 0 Å². The molecule has 1 aromatic carbocycles. The maximum absolute atomic E-state index is 4.88. The van der Waals surface area contributed by atoms with E-state index in [0.29, 0.717) is 12.6 Å². The standard InChI is InChI=1S/C24H37N7/c1-18(20-9-5-4-6-10-20)26-24(25-17-23-29-28-19(2)30(23)3)27-21-13-15-31(16-14-21)22-11-7-8-12-22/h4-6,9-10,18,21-22H,7-8,11-17H2,1-3H3,(H2,25,26,27). The zero-order valence-electron chi connectivity index (χ0n) is 19.2. The Hall–Kier alpha value is -2.41. The van der Waals surface area contributed by atoms with E-state index < -0.39 is 0 Å². The summed E-state index contributed by atoms with van der Waals surface area (Å²) in [5.74, 6) is 2.64. The van der Waals surface area contributed by atoms with E-state index in [1.54, 1.807) is 0 Å². The molecular weight excluding hydrogens is 386 g/mol. The van der Waals surface area contributed by atoms with Crippen molar-refractivity contribution >= 4 is 5.96 Å². The molecule has 0 amide bonds. The molecule has 4 rings (SSSR count). The molecule has 0 radical (unpaired) electrons. The molecule has 1 aromatic heterocycles. The number of aliphatic imine (C=N–C) groups is 1. The topological polar surface area (TPSA) is 70.4 Å². The second-order valence-corrected chi connectivity index (χ2v) is 9.06. The molecule has 31 heavy (non-hydrogen) atoms. The molecule has 2 N–H and O–H groups in total. The predicted molar refractivity (Wildman–Crippen MR) is 125 cm³/mol. The fourth-order valence-corrected chi connectivity index (χ4v) is 4.77. The number of nitrogens with one attached hydrogen (secondary N) is 2. The van der Waals surface area contributed by atoms with Crippen LogP contribution in [0, 0.1) is 6.92 Å². The van der Waals surface area contributed by atoms with E-state index in [2.05, 4.69) is 63.0 Å². The Morgan fingerprint density at radius 2 is 1.81 bits per heavy atom. The second kappa shape index (κ2) is 10.3. The van der Waals surface area contributed by atoms with Crippen LogP contribution in [0.25, 0.3) is 0 Å². The van der Waals surface area contributed by atoms with Gasteiger partial charge in [0.25, 0.3) is 0 Å². The van der Waals surface area contributed by atoms with Gasteiger partial charge in [0.15, 0.2) is 11.8 Å². The number of guanidine groups is 1. The van der Waals surface area contributed by atoms with Gasteiger partial charge in [-0.15, -0.1) is 10.2 Å². The van der Waals surface area contributed by atoms with Crippen LogP contribution >= 0.6 is 0 Å². The molecule has 2 fully saturated rings. The Labute approximate surface area is 186 Å². The summed E-state index contributed by atoms with van der Waals surface area (Å²) < 4.78 is 2.00. The highest BCUT2D eigenvalue weighted by Crippen LogP contribution is 2.26. The van der Waals surface area contributed by atoms with Crippen LogP contribution in [-0.2, 0) is 13.6 Å². The average molecular weight is 424 g/mol. The SMILES string of the molecule is Cc1nnc(CN=C(NC2CCN(C3CCCC3)CC2)NC(C)c2ccccc2)n1C. The van der Waals surface area contributed by atoms with E-state index >= 15 is 0 Å². The van der Waals surface area contributed by atoms with Crippen LogP contribution in [-0.4, -0.2) is 50.8 Å². The van der Waals surface area contributed by atoms with Gasteiger partial charge in [-0.1, -0.05) is 43.2 Å². The Morgan fingerprint density at radius 3 is 2.45 bits per heavy atom. The van der Waals surface area contributed by atoms with Crippen molar-refractivity contribution in [1.82, 2.24) is 30.3 Å². The maximum Gasteiger partial charge on any atom is 0.192 e. The van der Waals surface area contributed by atoms with Gasteiger partial charge in [-0.25, -0.2) is 4.99 Å². The van der Waals surface area contributed by atoms with Gasteiger partial charge in [0.2, 0.25) is 0 Å². The first kappa shape index (κ1) is 21.8. The summed E-state index contributed by atoms with van der Waals surface area (Å²) in [7, 11) is 1.99. The van der Waals surface area contributed by atoms with Gasteiger partial charge in [0, 0.05) is 32.2 Å².